The van der Waals surface area contributed by atoms with Gasteiger partial charge in [-0.2, -0.15) is 5.10 Å². The van der Waals surface area contributed by atoms with E-state index < -0.39 is 5.91 Å². The third-order valence-electron chi connectivity index (χ3n) is 4.01. The molecule has 0 saturated heterocycles. The Morgan fingerprint density at radius 1 is 1.41 bits per heavy atom. The zero-order valence-corrected chi connectivity index (χ0v) is 15.2. The lowest BCUT2D eigenvalue weighted by molar-refractivity contribution is -0.114. The van der Waals surface area contributed by atoms with Crippen LogP contribution in [0.3, 0.4) is 0 Å². The predicted molar refractivity (Wildman–Crippen MR) is 104 cm³/mol. The fourth-order valence-corrected chi connectivity index (χ4v) is 3.01. The van der Waals surface area contributed by atoms with Crippen LogP contribution in [-0.4, -0.2) is 21.6 Å². The smallest absolute Gasteiger partial charge is 0.269 e. The number of nitrogens with zero attached hydrogens (tertiary/aromatic N) is 2. The molecular weight excluding hydrogens is 344 g/mol. The number of nitrogens with one attached hydrogen (secondary N) is 1. The minimum absolute atomic E-state index is 0.153. The first-order valence-corrected chi connectivity index (χ1v) is 8.38. The average Bonchev–Trinajstić information content (AvgIpc) is 3.01. The number of amides is 2. The van der Waals surface area contributed by atoms with Gasteiger partial charge in [-0.15, -0.1) is 0 Å². The van der Waals surface area contributed by atoms with Crippen molar-refractivity contribution in [3.63, 3.8) is 0 Å². The van der Waals surface area contributed by atoms with Crippen LogP contribution in [0.15, 0.2) is 49.1 Å². The molecule has 0 atom stereocenters. The number of nitrogens with two attached hydrogens (primary N) is 1. The molecule has 0 saturated carbocycles. The third kappa shape index (κ3) is 3.39. The van der Waals surface area contributed by atoms with Crippen LogP contribution in [0, 0.1) is 0 Å². The van der Waals surface area contributed by atoms with Gasteiger partial charge in [0.15, 0.2) is 5.69 Å². The van der Waals surface area contributed by atoms with Gasteiger partial charge in [-0.25, -0.2) is 4.68 Å². The molecule has 138 valence electrons. The van der Waals surface area contributed by atoms with Crippen molar-refractivity contribution < 1.29 is 14.3 Å². The molecule has 0 fully saturated rings. The summed E-state index contributed by atoms with van der Waals surface area (Å²) in [6, 6.07) is 5.32. The first-order valence-electron chi connectivity index (χ1n) is 8.38. The molecule has 2 amide bonds. The number of carbonyl (C=O) groups is 2. The zero-order chi connectivity index (χ0) is 19.6. The van der Waals surface area contributed by atoms with E-state index in [2.05, 4.69) is 17.0 Å². The van der Waals surface area contributed by atoms with E-state index in [1.54, 1.807) is 35.0 Å². The quantitative estimate of drug-likeness (QED) is 0.796. The molecule has 7 nitrogen and oxygen atoms in total. The van der Waals surface area contributed by atoms with E-state index in [0.29, 0.717) is 34.0 Å². The highest BCUT2D eigenvalue weighted by molar-refractivity contribution is 5.96. The second-order valence-electron chi connectivity index (χ2n) is 5.96. The molecule has 3 rings (SSSR count). The van der Waals surface area contributed by atoms with Crippen LogP contribution < -0.4 is 15.8 Å². The molecule has 0 radical (unpaired) electrons. The van der Waals surface area contributed by atoms with Gasteiger partial charge in [0, 0.05) is 23.7 Å². The molecule has 2 aromatic rings. The van der Waals surface area contributed by atoms with Crippen molar-refractivity contribution in [2.45, 2.75) is 20.5 Å². The van der Waals surface area contributed by atoms with Crippen molar-refractivity contribution in [2.24, 2.45) is 5.73 Å². The topological polar surface area (TPSA) is 99.2 Å². The molecule has 3 N–H and O–H groups in total. The monoisotopic (exact) mass is 364 g/mol. The van der Waals surface area contributed by atoms with E-state index in [0.717, 1.165) is 0 Å². The summed E-state index contributed by atoms with van der Waals surface area (Å²) in [5.74, 6) is -0.180. The molecule has 0 spiro atoms. The van der Waals surface area contributed by atoms with Gasteiger partial charge in [-0.1, -0.05) is 18.7 Å². The summed E-state index contributed by atoms with van der Waals surface area (Å²) in [6.45, 7) is 7.24. The Kier molecular flexibility index (Phi) is 4.94. The van der Waals surface area contributed by atoms with Crippen LogP contribution in [0.4, 0.5) is 5.69 Å². The number of ether oxygens (including phenoxy) is 1. The van der Waals surface area contributed by atoms with E-state index in [-0.39, 0.29) is 18.2 Å². The van der Waals surface area contributed by atoms with Gasteiger partial charge in [0.05, 0.1) is 11.4 Å². The van der Waals surface area contributed by atoms with Crippen molar-refractivity contribution >= 4 is 23.2 Å². The lowest BCUT2D eigenvalue weighted by Gasteiger charge is -2.21. The Hall–Kier alpha value is -3.61. The normalized spacial score (nSPS) is 12.9. The molecule has 0 unspecified atom stereocenters. The minimum Gasteiger partial charge on any atom is -0.488 e. The molecule has 2 heterocycles. The van der Waals surface area contributed by atoms with Crippen LogP contribution >= 0.6 is 0 Å². The molecule has 0 bridgehead atoms. The Labute approximate surface area is 156 Å². The second-order valence-corrected chi connectivity index (χ2v) is 5.96. The van der Waals surface area contributed by atoms with Gasteiger partial charge in [0.1, 0.15) is 12.4 Å². The van der Waals surface area contributed by atoms with E-state index in [9.17, 15) is 9.59 Å². The van der Waals surface area contributed by atoms with Crippen LogP contribution in [0.25, 0.3) is 17.0 Å². The zero-order valence-electron chi connectivity index (χ0n) is 15.2. The Morgan fingerprint density at radius 2 is 2.19 bits per heavy atom. The number of fused-ring (bicyclic) bond motifs is 3. The summed E-state index contributed by atoms with van der Waals surface area (Å²) in [6.07, 6.45) is 7.14. The van der Waals surface area contributed by atoms with Crippen molar-refractivity contribution in [3.05, 3.63) is 60.3 Å². The Bertz CT molecular complexity index is 999. The van der Waals surface area contributed by atoms with Crippen molar-refractivity contribution in [3.8, 4) is 17.0 Å². The third-order valence-corrected chi connectivity index (χ3v) is 4.01. The molecule has 1 aromatic carbocycles. The molecule has 7 heteroatoms. The first-order chi connectivity index (χ1) is 13.0. The lowest BCUT2D eigenvalue weighted by atomic mass is 10.0. The van der Waals surface area contributed by atoms with E-state index in [1.165, 1.54) is 6.92 Å². The van der Waals surface area contributed by atoms with E-state index in [1.807, 2.05) is 19.1 Å². The van der Waals surface area contributed by atoms with E-state index >= 15 is 0 Å². The second kappa shape index (κ2) is 7.33. The highest BCUT2D eigenvalue weighted by Gasteiger charge is 2.29. The summed E-state index contributed by atoms with van der Waals surface area (Å²) in [4.78, 5) is 23.3. The molecule has 1 aliphatic heterocycles. The predicted octanol–water partition coefficient (Wildman–Crippen LogP) is 3.10. The number of rotatable bonds is 5. The summed E-state index contributed by atoms with van der Waals surface area (Å²) in [7, 11) is 0. The van der Waals surface area contributed by atoms with Gasteiger partial charge in [0.25, 0.3) is 5.91 Å². The lowest BCUT2D eigenvalue weighted by Crippen LogP contribution is -2.16. The SMILES string of the molecule is C=C/C=C(\C=C/C)n1nc(C(N)=O)c2c1-c1cc(NC(C)=O)ccc1OC2. The van der Waals surface area contributed by atoms with Gasteiger partial charge in [-0.05, 0) is 37.3 Å². The van der Waals surface area contributed by atoms with Crippen molar-refractivity contribution in [2.75, 3.05) is 5.32 Å². The number of allylic oxidation sites excluding steroid dienone is 5. The molecular formula is C20H20N4O3. The largest absolute Gasteiger partial charge is 0.488 e. The summed E-state index contributed by atoms with van der Waals surface area (Å²) in [5.41, 5.74) is 9.03. The number of anilines is 1. The van der Waals surface area contributed by atoms with Gasteiger partial charge in [0.2, 0.25) is 5.91 Å². The number of carbonyl (C=O) groups excluding carboxylic acids is 2. The van der Waals surface area contributed by atoms with Crippen LogP contribution in [0.1, 0.15) is 29.9 Å². The van der Waals surface area contributed by atoms with E-state index in [4.69, 9.17) is 10.5 Å². The Balaban J connectivity index is 2.29. The Morgan fingerprint density at radius 3 is 2.81 bits per heavy atom. The average molecular weight is 364 g/mol. The van der Waals surface area contributed by atoms with Crippen LogP contribution in [-0.2, 0) is 11.4 Å². The van der Waals surface area contributed by atoms with Gasteiger partial charge >= 0.3 is 0 Å². The standard InChI is InChI=1S/C20H20N4O3/c1-4-6-14(7-5-2)24-19-15-10-13(22-12(3)25)8-9-17(15)27-11-16(19)18(23-24)20(21)26/h4-10H,1,11H2,2-3H3,(H2,21,26)(H,22,25)/b7-5-,14-6+. The summed E-state index contributed by atoms with van der Waals surface area (Å²) in [5, 5.41) is 7.18. The number of benzene rings is 1. The number of aromatic nitrogens is 2. The highest BCUT2D eigenvalue weighted by atomic mass is 16.5. The van der Waals surface area contributed by atoms with Gasteiger partial charge in [-0.3, -0.25) is 9.59 Å². The molecule has 27 heavy (non-hydrogen) atoms. The fourth-order valence-electron chi connectivity index (χ4n) is 3.01. The maximum atomic E-state index is 11.9. The molecule has 0 aliphatic carbocycles. The van der Waals surface area contributed by atoms with Crippen LogP contribution in [0.2, 0.25) is 0 Å². The van der Waals surface area contributed by atoms with Crippen molar-refractivity contribution in [1.82, 2.24) is 9.78 Å². The molecule has 1 aliphatic rings. The fraction of sp³-hybridized carbons (Fsp3) is 0.150. The van der Waals surface area contributed by atoms with Crippen LogP contribution in [0.5, 0.6) is 5.75 Å². The highest BCUT2D eigenvalue weighted by Crippen LogP contribution is 2.41. The number of hydrogen-bond acceptors (Lipinski definition) is 4. The summed E-state index contributed by atoms with van der Waals surface area (Å²) < 4.78 is 7.43. The maximum Gasteiger partial charge on any atom is 0.269 e. The maximum absolute atomic E-state index is 11.9. The molecule has 1 aromatic heterocycles. The van der Waals surface area contributed by atoms with Gasteiger partial charge < -0.3 is 15.8 Å². The first kappa shape index (κ1) is 18.2. The number of hydrogen-bond donors (Lipinski definition) is 2. The minimum atomic E-state index is -0.631. The van der Waals surface area contributed by atoms with Crippen molar-refractivity contribution in [1.29, 1.82) is 0 Å². The summed E-state index contributed by atoms with van der Waals surface area (Å²) >= 11 is 0. The number of primary amides is 1.